The predicted octanol–water partition coefficient (Wildman–Crippen LogP) is 5.79. The van der Waals surface area contributed by atoms with Gasteiger partial charge in [-0.25, -0.2) is 0 Å². The van der Waals surface area contributed by atoms with Crippen molar-refractivity contribution in [3.8, 4) is 5.75 Å². The number of carbonyl (C=O) groups excluding carboxylic acids is 2. The average Bonchev–Trinajstić information content (AvgIpc) is 3.51. The number of nitrogens with zero attached hydrogens (tertiary/aromatic N) is 2. The third kappa shape index (κ3) is 6.61. The van der Waals surface area contributed by atoms with Gasteiger partial charge in [-0.1, -0.05) is 55.8 Å². The van der Waals surface area contributed by atoms with Crippen molar-refractivity contribution >= 4 is 34.8 Å². The summed E-state index contributed by atoms with van der Waals surface area (Å²) in [4.78, 5) is 33.3. The van der Waals surface area contributed by atoms with E-state index in [1.165, 1.54) is 19.3 Å². The van der Waals surface area contributed by atoms with Crippen LogP contribution in [0.3, 0.4) is 0 Å². The van der Waals surface area contributed by atoms with Crippen molar-refractivity contribution in [2.45, 2.75) is 95.0 Å². The van der Waals surface area contributed by atoms with E-state index in [1.54, 1.807) is 11.3 Å². The van der Waals surface area contributed by atoms with E-state index in [1.807, 2.05) is 28.5 Å². The highest BCUT2D eigenvalue weighted by Crippen LogP contribution is 2.38. The zero-order valence-corrected chi connectivity index (χ0v) is 25.4. The number of amides is 2. The van der Waals surface area contributed by atoms with Crippen molar-refractivity contribution in [1.29, 1.82) is 0 Å². The number of hydrogen-bond donors (Lipinski definition) is 1. The highest BCUT2D eigenvalue weighted by atomic mass is 35.5. The number of carbonyl (C=O) groups is 2. The first kappa shape index (κ1) is 29.0. The summed E-state index contributed by atoms with van der Waals surface area (Å²) in [6.45, 7) is 4.14. The van der Waals surface area contributed by atoms with Gasteiger partial charge in [-0.15, -0.1) is 11.3 Å². The van der Waals surface area contributed by atoms with Crippen LogP contribution < -0.4 is 10.1 Å². The van der Waals surface area contributed by atoms with Gasteiger partial charge in [0.15, 0.2) is 0 Å². The molecule has 1 aromatic heterocycles. The van der Waals surface area contributed by atoms with Gasteiger partial charge in [-0.3, -0.25) is 14.5 Å². The quantitative estimate of drug-likeness (QED) is 0.416. The minimum absolute atomic E-state index is 0.0294. The molecular formula is C32H42ClN3O4S. The lowest BCUT2D eigenvalue weighted by Crippen LogP contribution is -2.72. The number of benzene rings is 1. The monoisotopic (exact) mass is 599 g/mol. The van der Waals surface area contributed by atoms with E-state index >= 15 is 0 Å². The standard InChI is InChI=1S/C32H42ClN3O4S/c33-28-20-26(40-25-10-16-39-17-11-25)9-8-24(28)21-35-14-12-32(13-15-35)31(38)34-29(19-23-5-2-1-3-6-23)30(37)36(32)22-27-7-4-18-41-27/h4,7-9,18,20,23,25,29H,1-3,5-6,10-17,19,21-22H2,(H,34,38). The van der Waals surface area contributed by atoms with Crippen molar-refractivity contribution in [1.82, 2.24) is 15.1 Å². The molecule has 6 rings (SSSR count). The fourth-order valence-corrected chi connectivity index (χ4v) is 8.04. The summed E-state index contributed by atoms with van der Waals surface area (Å²) in [5.41, 5.74) is 0.250. The molecule has 1 atom stereocenters. The lowest BCUT2D eigenvalue weighted by Gasteiger charge is -2.52. The molecule has 41 heavy (non-hydrogen) atoms. The van der Waals surface area contributed by atoms with Crippen LogP contribution >= 0.6 is 22.9 Å². The number of likely N-dealkylation sites (tertiary alicyclic amines) is 1. The van der Waals surface area contributed by atoms with Gasteiger partial charge in [0.1, 0.15) is 23.4 Å². The number of piperazine rings is 1. The Bertz CT molecular complexity index is 1190. The molecule has 1 saturated carbocycles. The number of nitrogens with one attached hydrogen (secondary N) is 1. The normalized spacial score (nSPS) is 24.5. The first-order valence-electron chi connectivity index (χ1n) is 15.4. The average molecular weight is 600 g/mol. The van der Waals surface area contributed by atoms with Gasteiger partial charge in [-0.2, -0.15) is 0 Å². The van der Waals surface area contributed by atoms with E-state index in [0.29, 0.717) is 36.9 Å². The Morgan fingerprint density at radius 3 is 2.51 bits per heavy atom. The first-order valence-corrected chi connectivity index (χ1v) is 16.7. The van der Waals surface area contributed by atoms with Gasteiger partial charge >= 0.3 is 0 Å². The van der Waals surface area contributed by atoms with E-state index in [2.05, 4.69) is 22.3 Å². The molecule has 4 aliphatic rings. The van der Waals surface area contributed by atoms with Gasteiger partial charge in [0, 0.05) is 42.4 Å². The van der Waals surface area contributed by atoms with Gasteiger partial charge in [0.2, 0.25) is 11.8 Å². The second-order valence-corrected chi connectivity index (χ2v) is 13.7. The summed E-state index contributed by atoms with van der Waals surface area (Å²) in [5.74, 6) is 1.45. The first-order chi connectivity index (χ1) is 20.0. The van der Waals surface area contributed by atoms with Crippen LogP contribution in [0.15, 0.2) is 35.7 Å². The van der Waals surface area contributed by atoms with Crippen molar-refractivity contribution in [2.24, 2.45) is 5.92 Å². The molecule has 2 amide bonds. The summed E-state index contributed by atoms with van der Waals surface area (Å²) in [6.07, 6.45) is 10.0. The Labute approximate surface area is 252 Å². The molecule has 4 fully saturated rings. The minimum atomic E-state index is -0.800. The lowest BCUT2D eigenvalue weighted by molar-refractivity contribution is -0.162. The van der Waals surface area contributed by atoms with Gasteiger partial charge in [0.05, 0.1) is 19.8 Å². The Morgan fingerprint density at radius 2 is 1.80 bits per heavy atom. The smallest absolute Gasteiger partial charge is 0.246 e. The zero-order chi connectivity index (χ0) is 28.2. The van der Waals surface area contributed by atoms with Crippen molar-refractivity contribution in [3.63, 3.8) is 0 Å². The molecule has 222 valence electrons. The van der Waals surface area contributed by atoms with E-state index in [9.17, 15) is 9.59 Å². The number of ether oxygens (including phenoxy) is 2. The second kappa shape index (κ2) is 13.0. The summed E-state index contributed by atoms with van der Waals surface area (Å²) >= 11 is 8.36. The summed E-state index contributed by atoms with van der Waals surface area (Å²) in [6, 6.07) is 9.66. The third-order valence-corrected chi connectivity index (χ3v) is 10.8. The van der Waals surface area contributed by atoms with Crippen LogP contribution in [0.4, 0.5) is 0 Å². The van der Waals surface area contributed by atoms with Crippen LogP contribution in [-0.2, 0) is 27.4 Å². The predicted molar refractivity (Wildman–Crippen MR) is 161 cm³/mol. The number of hydrogen-bond acceptors (Lipinski definition) is 6. The highest BCUT2D eigenvalue weighted by molar-refractivity contribution is 7.09. The molecule has 0 bridgehead atoms. The van der Waals surface area contributed by atoms with Crippen LogP contribution in [0.5, 0.6) is 5.75 Å². The maximum absolute atomic E-state index is 14.0. The zero-order valence-electron chi connectivity index (χ0n) is 23.8. The number of piperidine rings is 1. The molecule has 3 saturated heterocycles. The second-order valence-electron chi connectivity index (χ2n) is 12.3. The fourth-order valence-electron chi connectivity index (χ4n) is 7.11. The Kier molecular flexibility index (Phi) is 9.20. The molecule has 1 aromatic carbocycles. The van der Waals surface area contributed by atoms with Gasteiger partial charge in [0.25, 0.3) is 0 Å². The molecule has 4 heterocycles. The molecule has 1 N–H and O–H groups in total. The molecule has 1 spiro atoms. The molecule has 0 radical (unpaired) electrons. The molecule has 3 aliphatic heterocycles. The van der Waals surface area contributed by atoms with Crippen LogP contribution in [0.25, 0.3) is 0 Å². The van der Waals surface area contributed by atoms with Crippen LogP contribution in [-0.4, -0.2) is 65.6 Å². The largest absolute Gasteiger partial charge is 0.490 e. The Morgan fingerprint density at radius 1 is 1.02 bits per heavy atom. The third-order valence-electron chi connectivity index (χ3n) is 9.57. The van der Waals surface area contributed by atoms with E-state index in [-0.39, 0.29) is 17.9 Å². The molecule has 2 aromatic rings. The maximum Gasteiger partial charge on any atom is 0.246 e. The number of halogens is 1. The number of rotatable bonds is 8. The molecule has 7 nitrogen and oxygen atoms in total. The maximum atomic E-state index is 14.0. The SMILES string of the molecule is O=C1C(CC2CCCCC2)NC(=O)C2(CCN(Cc3ccc(OC4CCOCC4)cc3Cl)CC2)N1Cc1cccs1. The Hall–Kier alpha value is -2.13. The topological polar surface area (TPSA) is 71.1 Å². The van der Waals surface area contributed by atoms with Crippen LogP contribution in [0.2, 0.25) is 5.02 Å². The summed E-state index contributed by atoms with van der Waals surface area (Å²) in [7, 11) is 0. The highest BCUT2D eigenvalue weighted by Gasteiger charge is 2.53. The van der Waals surface area contributed by atoms with Crippen LogP contribution in [0, 0.1) is 5.92 Å². The van der Waals surface area contributed by atoms with E-state index in [4.69, 9.17) is 21.1 Å². The lowest BCUT2D eigenvalue weighted by atomic mass is 9.79. The number of thiophene rings is 1. The Balaban J connectivity index is 1.12. The molecule has 1 aliphatic carbocycles. The molecule has 9 heteroatoms. The van der Waals surface area contributed by atoms with Gasteiger partial charge in [-0.05, 0) is 54.3 Å². The summed E-state index contributed by atoms with van der Waals surface area (Å²) in [5, 5.41) is 5.95. The fraction of sp³-hybridized carbons (Fsp3) is 0.625. The summed E-state index contributed by atoms with van der Waals surface area (Å²) < 4.78 is 11.6. The van der Waals surface area contributed by atoms with Crippen LogP contribution in [0.1, 0.15) is 74.6 Å². The van der Waals surface area contributed by atoms with Crippen molar-refractivity contribution < 1.29 is 19.1 Å². The van der Waals surface area contributed by atoms with Crippen molar-refractivity contribution in [2.75, 3.05) is 26.3 Å². The van der Waals surface area contributed by atoms with E-state index in [0.717, 1.165) is 74.6 Å². The molecular weight excluding hydrogens is 558 g/mol. The minimum Gasteiger partial charge on any atom is -0.490 e. The van der Waals surface area contributed by atoms with Crippen molar-refractivity contribution in [3.05, 3.63) is 51.2 Å². The molecule has 1 unspecified atom stereocenters. The van der Waals surface area contributed by atoms with Gasteiger partial charge < -0.3 is 19.7 Å². The van der Waals surface area contributed by atoms with E-state index < -0.39 is 11.6 Å².